The van der Waals surface area contributed by atoms with Gasteiger partial charge in [-0.15, -0.1) is 0 Å². The normalized spacial score (nSPS) is 17.8. The number of benzene rings is 1. The molecule has 1 fully saturated rings. The number of nitrogens with one attached hydrogen (secondary N) is 1. The summed E-state index contributed by atoms with van der Waals surface area (Å²) in [5, 5.41) is 16.0. The molecule has 0 saturated carbocycles. The SMILES string of the molecule is N#CC1CCCN(C(=O)Nc2ccc(-n3cccn3)cc2)C1. The van der Waals surface area contributed by atoms with Gasteiger partial charge in [-0.2, -0.15) is 10.4 Å². The van der Waals surface area contributed by atoms with E-state index in [1.165, 1.54) is 0 Å². The van der Waals surface area contributed by atoms with Crippen molar-refractivity contribution in [3.05, 3.63) is 42.7 Å². The Morgan fingerprint density at radius 2 is 2.18 bits per heavy atom. The van der Waals surface area contributed by atoms with Gasteiger partial charge in [0.2, 0.25) is 0 Å². The molecule has 0 spiro atoms. The summed E-state index contributed by atoms with van der Waals surface area (Å²) < 4.78 is 1.76. The van der Waals surface area contributed by atoms with E-state index in [-0.39, 0.29) is 11.9 Å². The number of likely N-dealkylation sites (tertiary alicyclic amines) is 1. The number of piperidine rings is 1. The zero-order valence-electron chi connectivity index (χ0n) is 12.1. The molecule has 0 radical (unpaired) electrons. The van der Waals surface area contributed by atoms with Crippen molar-refractivity contribution in [1.29, 1.82) is 5.26 Å². The van der Waals surface area contributed by atoms with Gasteiger partial charge in [-0.1, -0.05) is 0 Å². The van der Waals surface area contributed by atoms with E-state index < -0.39 is 0 Å². The highest BCUT2D eigenvalue weighted by atomic mass is 16.2. The van der Waals surface area contributed by atoms with Crippen molar-refractivity contribution in [2.45, 2.75) is 12.8 Å². The van der Waals surface area contributed by atoms with E-state index in [1.54, 1.807) is 15.8 Å². The highest BCUT2D eigenvalue weighted by molar-refractivity contribution is 5.89. The van der Waals surface area contributed by atoms with Crippen LogP contribution in [0.15, 0.2) is 42.7 Å². The van der Waals surface area contributed by atoms with Gasteiger partial charge >= 0.3 is 6.03 Å². The highest BCUT2D eigenvalue weighted by Gasteiger charge is 2.23. The van der Waals surface area contributed by atoms with E-state index in [0.29, 0.717) is 13.1 Å². The first-order chi connectivity index (χ1) is 10.8. The van der Waals surface area contributed by atoms with Crippen molar-refractivity contribution >= 4 is 11.7 Å². The predicted octanol–water partition coefficient (Wildman–Crippen LogP) is 2.64. The molecule has 1 aromatic heterocycles. The van der Waals surface area contributed by atoms with Gasteiger partial charge in [-0.05, 0) is 43.2 Å². The van der Waals surface area contributed by atoms with E-state index in [1.807, 2.05) is 36.5 Å². The van der Waals surface area contributed by atoms with Gasteiger partial charge < -0.3 is 10.2 Å². The topological polar surface area (TPSA) is 74.0 Å². The number of carbonyl (C=O) groups excluding carboxylic acids is 1. The van der Waals surface area contributed by atoms with E-state index in [2.05, 4.69) is 16.5 Å². The second-order valence-electron chi connectivity index (χ2n) is 5.34. The summed E-state index contributed by atoms with van der Waals surface area (Å²) in [6, 6.07) is 11.5. The number of aromatic nitrogens is 2. The van der Waals surface area contributed by atoms with E-state index in [0.717, 1.165) is 24.2 Å². The van der Waals surface area contributed by atoms with Gasteiger partial charge in [-0.3, -0.25) is 0 Å². The van der Waals surface area contributed by atoms with Crippen molar-refractivity contribution < 1.29 is 4.79 Å². The van der Waals surface area contributed by atoms with Crippen molar-refractivity contribution in [2.24, 2.45) is 5.92 Å². The number of anilines is 1. The van der Waals surface area contributed by atoms with Crippen molar-refractivity contribution in [3.63, 3.8) is 0 Å². The predicted molar refractivity (Wildman–Crippen MR) is 82.5 cm³/mol. The van der Waals surface area contributed by atoms with Crippen molar-refractivity contribution in [1.82, 2.24) is 14.7 Å². The molecule has 22 heavy (non-hydrogen) atoms. The second-order valence-corrected chi connectivity index (χ2v) is 5.34. The van der Waals surface area contributed by atoms with Crippen molar-refractivity contribution in [3.8, 4) is 11.8 Å². The van der Waals surface area contributed by atoms with Crippen LogP contribution in [-0.4, -0.2) is 33.8 Å². The molecule has 1 aliphatic rings. The van der Waals surface area contributed by atoms with Crippen LogP contribution in [0.25, 0.3) is 5.69 Å². The lowest BCUT2D eigenvalue weighted by Gasteiger charge is -2.29. The first-order valence-corrected chi connectivity index (χ1v) is 7.32. The molecule has 1 unspecified atom stereocenters. The van der Waals surface area contributed by atoms with E-state index in [9.17, 15) is 4.79 Å². The van der Waals surface area contributed by atoms with Gasteiger partial charge in [0, 0.05) is 31.2 Å². The summed E-state index contributed by atoms with van der Waals surface area (Å²) in [7, 11) is 0. The molecule has 2 aromatic rings. The third-order valence-corrected chi connectivity index (χ3v) is 3.78. The third kappa shape index (κ3) is 3.09. The quantitative estimate of drug-likeness (QED) is 0.925. The van der Waals surface area contributed by atoms with Gasteiger partial charge in [0.05, 0.1) is 17.7 Å². The Kier molecular flexibility index (Phi) is 4.05. The van der Waals surface area contributed by atoms with Crippen LogP contribution < -0.4 is 5.32 Å². The fraction of sp³-hybridized carbons (Fsp3) is 0.312. The zero-order valence-corrected chi connectivity index (χ0v) is 12.1. The Balaban J connectivity index is 1.63. The van der Waals surface area contributed by atoms with E-state index in [4.69, 9.17) is 5.26 Å². The molecule has 2 amide bonds. The number of nitrogens with zero attached hydrogens (tertiary/aromatic N) is 4. The van der Waals surface area contributed by atoms with Gasteiger partial charge in [-0.25, -0.2) is 9.48 Å². The molecule has 1 N–H and O–H groups in total. The molecular formula is C16H17N5O. The minimum atomic E-state index is -0.146. The van der Waals surface area contributed by atoms with Crippen LogP contribution in [0.3, 0.4) is 0 Å². The van der Waals surface area contributed by atoms with Crippen LogP contribution in [0.4, 0.5) is 10.5 Å². The Bertz CT molecular complexity index is 672. The molecule has 112 valence electrons. The molecule has 6 nitrogen and oxygen atoms in total. The number of amides is 2. The summed E-state index contributed by atoms with van der Waals surface area (Å²) in [4.78, 5) is 13.9. The lowest BCUT2D eigenvalue weighted by molar-refractivity contribution is 0.189. The maximum atomic E-state index is 12.2. The maximum Gasteiger partial charge on any atom is 0.321 e. The lowest BCUT2D eigenvalue weighted by atomic mass is 10.0. The number of carbonyl (C=O) groups is 1. The van der Waals surface area contributed by atoms with Crippen LogP contribution in [-0.2, 0) is 0 Å². The molecular weight excluding hydrogens is 278 g/mol. The number of hydrogen-bond acceptors (Lipinski definition) is 3. The van der Waals surface area contributed by atoms with Gasteiger partial charge in [0.1, 0.15) is 0 Å². The van der Waals surface area contributed by atoms with Gasteiger partial charge in [0.15, 0.2) is 0 Å². The Hall–Kier alpha value is -2.81. The fourth-order valence-electron chi connectivity index (χ4n) is 2.59. The molecule has 3 rings (SSSR count). The first kappa shape index (κ1) is 14.1. The van der Waals surface area contributed by atoms with Crippen LogP contribution in [0, 0.1) is 17.2 Å². The lowest BCUT2D eigenvalue weighted by Crippen LogP contribution is -2.42. The molecule has 1 aromatic carbocycles. The fourth-order valence-corrected chi connectivity index (χ4v) is 2.59. The second kappa shape index (κ2) is 6.31. The summed E-state index contributed by atoms with van der Waals surface area (Å²) in [5.41, 5.74) is 1.67. The Labute approximate surface area is 129 Å². The molecule has 0 aliphatic carbocycles. The minimum absolute atomic E-state index is 0.0540. The van der Waals surface area contributed by atoms with Gasteiger partial charge in [0.25, 0.3) is 0 Å². The summed E-state index contributed by atoms with van der Waals surface area (Å²) in [6.45, 7) is 1.21. The average Bonchev–Trinajstić information content (AvgIpc) is 3.10. The molecule has 2 heterocycles. The molecule has 1 aliphatic heterocycles. The minimum Gasteiger partial charge on any atom is -0.323 e. The number of nitriles is 1. The molecule has 1 atom stereocenters. The molecule has 6 heteroatoms. The Morgan fingerprint density at radius 3 is 2.86 bits per heavy atom. The largest absolute Gasteiger partial charge is 0.323 e. The smallest absolute Gasteiger partial charge is 0.321 e. The van der Waals surface area contributed by atoms with Crippen LogP contribution in [0.2, 0.25) is 0 Å². The number of hydrogen-bond donors (Lipinski definition) is 1. The van der Waals surface area contributed by atoms with E-state index >= 15 is 0 Å². The summed E-state index contributed by atoms with van der Waals surface area (Å²) in [6.07, 6.45) is 5.34. The summed E-state index contributed by atoms with van der Waals surface area (Å²) >= 11 is 0. The Morgan fingerprint density at radius 1 is 1.36 bits per heavy atom. The zero-order chi connectivity index (χ0) is 15.4. The highest BCUT2D eigenvalue weighted by Crippen LogP contribution is 2.18. The molecule has 0 bridgehead atoms. The van der Waals surface area contributed by atoms with Crippen LogP contribution in [0.1, 0.15) is 12.8 Å². The third-order valence-electron chi connectivity index (χ3n) is 3.78. The monoisotopic (exact) mass is 295 g/mol. The molecule has 1 saturated heterocycles. The first-order valence-electron chi connectivity index (χ1n) is 7.32. The standard InChI is InChI=1S/C16H17N5O/c17-11-13-3-1-9-20(12-13)16(22)19-14-4-6-15(7-5-14)21-10-2-8-18-21/h2,4-8,10,13H,1,3,9,12H2,(H,19,22). The number of rotatable bonds is 2. The average molecular weight is 295 g/mol. The summed E-state index contributed by atoms with van der Waals surface area (Å²) in [5.74, 6) is -0.0540. The van der Waals surface area contributed by atoms with Crippen LogP contribution >= 0.6 is 0 Å². The maximum absolute atomic E-state index is 12.2. The number of urea groups is 1. The van der Waals surface area contributed by atoms with Crippen LogP contribution in [0.5, 0.6) is 0 Å². The van der Waals surface area contributed by atoms with Crippen molar-refractivity contribution in [2.75, 3.05) is 18.4 Å².